The van der Waals surface area contributed by atoms with Crippen molar-refractivity contribution < 1.29 is 24.2 Å². The predicted molar refractivity (Wildman–Crippen MR) is 69.6 cm³/mol. The minimum Gasteiger partial charge on any atom is -0.478 e. The van der Waals surface area contributed by atoms with Gasteiger partial charge in [0, 0.05) is 0 Å². The molecule has 104 valence electrons. The fourth-order valence-corrected chi connectivity index (χ4v) is 1.56. The van der Waals surface area contributed by atoms with Gasteiger partial charge in [-0.15, -0.1) is 0 Å². The molecule has 0 saturated heterocycles. The van der Waals surface area contributed by atoms with Gasteiger partial charge in [0.15, 0.2) is 0 Å². The third-order valence-electron chi connectivity index (χ3n) is 2.29. The summed E-state index contributed by atoms with van der Waals surface area (Å²) in [5.74, 6) is -1.13. The van der Waals surface area contributed by atoms with E-state index in [4.69, 9.17) is 9.47 Å². The van der Waals surface area contributed by atoms with E-state index < -0.39 is 17.7 Å². The van der Waals surface area contributed by atoms with Crippen LogP contribution in [0.2, 0.25) is 0 Å². The zero-order valence-corrected chi connectivity index (χ0v) is 11.5. The summed E-state index contributed by atoms with van der Waals surface area (Å²) < 4.78 is 9.98. The second kappa shape index (κ2) is 5.73. The molecule has 0 saturated carbocycles. The molecule has 0 fully saturated rings. The van der Waals surface area contributed by atoms with E-state index in [0.29, 0.717) is 12.0 Å². The van der Waals surface area contributed by atoms with E-state index in [-0.39, 0.29) is 11.3 Å². The molecule has 1 aromatic carbocycles. The van der Waals surface area contributed by atoms with Crippen LogP contribution in [0.5, 0.6) is 5.75 Å². The van der Waals surface area contributed by atoms with Crippen molar-refractivity contribution in [3.05, 3.63) is 29.3 Å². The molecule has 0 aliphatic heterocycles. The van der Waals surface area contributed by atoms with Crippen molar-refractivity contribution in [2.24, 2.45) is 0 Å². The summed E-state index contributed by atoms with van der Waals surface area (Å²) in [7, 11) is 0. The summed E-state index contributed by atoms with van der Waals surface area (Å²) >= 11 is 0. The van der Waals surface area contributed by atoms with Crippen LogP contribution in [0, 0.1) is 0 Å². The van der Waals surface area contributed by atoms with E-state index in [9.17, 15) is 14.7 Å². The lowest BCUT2D eigenvalue weighted by atomic mass is 10.0. The maximum absolute atomic E-state index is 11.6. The van der Waals surface area contributed by atoms with Crippen LogP contribution in [0.1, 0.15) is 43.6 Å². The Hall–Kier alpha value is -2.04. The van der Waals surface area contributed by atoms with Crippen LogP contribution in [0.15, 0.2) is 18.2 Å². The fourth-order valence-electron chi connectivity index (χ4n) is 1.56. The second-order valence-corrected chi connectivity index (χ2v) is 5.02. The minimum atomic E-state index is -1.13. The number of benzene rings is 1. The van der Waals surface area contributed by atoms with Crippen LogP contribution in [-0.2, 0) is 11.2 Å². The smallest absolute Gasteiger partial charge is 0.478 e. The van der Waals surface area contributed by atoms with E-state index in [2.05, 4.69) is 0 Å². The number of ether oxygens (including phenoxy) is 2. The van der Waals surface area contributed by atoms with Crippen molar-refractivity contribution in [2.75, 3.05) is 0 Å². The number of carbonyl (C=O) groups excluding carboxylic acids is 1. The number of rotatable bonds is 3. The van der Waals surface area contributed by atoms with Gasteiger partial charge >= 0.3 is 12.1 Å². The summed E-state index contributed by atoms with van der Waals surface area (Å²) in [6.45, 7) is 6.94. The van der Waals surface area contributed by atoms with Crippen molar-refractivity contribution in [2.45, 2.75) is 39.7 Å². The number of aromatic carboxylic acids is 1. The van der Waals surface area contributed by atoms with Crippen LogP contribution >= 0.6 is 0 Å². The van der Waals surface area contributed by atoms with Gasteiger partial charge in [-0.1, -0.05) is 19.1 Å². The van der Waals surface area contributed by atoms with E-state index >= 15 is 0 Å². The van der Waals surface area contributed by atoms with Gasteiger partial charge in [0.05, 0.1) is 0 Å². The molecule has 0 unspecified atom stereocenters. The highest BCUT2D eigenvalue weighted by atomic mass is 16.7. The SMILES string of the molecule is CCc1cccc(OC(=O)OC(C)(C)C)c1C(=O)O. The maximum atomic E-state index is 11.6. The molecule has 0 atom stereocenters. The van der Waals surface area contributed by atoms with Crippen LogP contribution in [0.25, 0.3) is 0 Å². The number of carboxylic acids is 1. The van der Waals surface area contributed by atoms with Gasteiger partial charge in [-0.05, 0) is 38.8 Å². The van der Waals surface area contributed by atoms with Gasteiger partial charge < -0.3 is 14.6 Å². The molecular formula is C14H18O5. The van der Waals surface area contributed by atoms with Gasteiger partial charge in [-0.25, -0.2) is 9.59 Å². The number of hydrogen-bond acceptors (Lipinski definition) is 4. The average molecular weight is 266 g/mol. The zero-order chi connectivity index (χ0) is 14.6. The lowest BCUT2D eigenvalue weighted by Crippen LogP contribution is -2.26. The largest absolute Gasteiger partial charge is 0.514 e. The second-order valence-electron chi connectivity index (χ2n) is 5.02. The Morgan fingerprint density at radius 3 is 2.37 bits per heavy atom. The third kappa shape index (κ3) is 4.28. The number of hydrogen-bond donors (Lipinski definition) is 1. The molecule has 1 N–H and O–H groups in total. The van der Waals surface area contributed by atoms with Gasteiger partial charge in [0.2, 0.25) is 0 Å². The van der Waals surface area contributed by atoms with Crippen molar-refractivity contribution >= 4 is 12.1 Å². The van der Waals surface area contributed by atoms with E-state index in [1.165, 1.54) is 6.07 Å². The number of carbonyl (C=O) groups is 2. The molecule has 5 heteroatoms. The molecule has 0 aliphatic rings. The summed E-state index contributed by atoms with van der Waals surface area (Å²) in [5, 5.41) is 9.19. The van der Waals surface area contributed by atoms with Gasteiger partial charge in [-0.2, -0.15) is 0 Å². The summed E-state index contributed by atoms with van der Waals surface area (Å²) in [6.07, 6.45) is -0.379. The molecule has 0 aromatic heterocycles. The Labute approximate surface area is 112 Å². The first-order valence-electron chi connectivity index (χ1n) is 6.00. The van der Waals surface area contributed by atoms with Crippen LogP contribution in [0.3, 0.4) is 0 Å². The third-order valence-corrected chi connectivity index (χ3v) is 2.29. The lowest BCUT2D eigenvalue weighted by Gasteiger charge is -2.19. The quantitative estimate of drug-likeness (QED) is 0.671. The maximum Gasteiger partial charge on any atom is 0.514 e. The highest BCUT2D eigenvalue weighted by Gasteiger charge is 2.22. The Morgan fingerprint density at radius 2 is 1.89 bits per heavy atom. The average Bonchev–Trinajstić information content (AvgIpc) is 2.25. The van der Waals surface area contributed by atoms with Crippen LogP contribution in [0.4, 0.5) is 4.79 Å². The van der Waals surface area contributed by atoms with Gasteiger partial charge in [0.25, 0.3) is 0 Å². The predicted octanol–water partition coefficient (Wildman–Crippen LogP) is 3.26. The van der Waals surface area contributed by atoms with Gasteiger partial charge in [0.1, 0.15) is 16.9 Å². The molecule has 19 heavy (non-hydrogen) atoms. The molecule has 1 aromatic rings. The van der Waals surface area contributed by atoms with Crippen molar-refractivity contribution in [1.82, 2.24) is 0 Å². The highest BCUT2D eigenvalue weighted by molar-refractivity contribution is 5.93. The molecule has 5 nitrogen and oxygen atoms in total. The van der Waals surface area contributed by atoms with Crippen molar-refractivity contribution in [1.29, 1.82) is 0 Å². The molecule has 0 aliphatic carbocycles. The molecule has 0 heterocycles. The lowest BCUT2D eigenvalue weighted by molar-refractivity contribution is 0.0204. The van der Waals surface area contributed by atoms with E-state index in [1.54, 1.807) is 32.9 Å². The molecule has 0 radical (unpaired) electrons. The first-order chi connectivity index (χ1) is 8.74. The molecule has 0 bridgehead atoms. The van der Waals surface area contributed by atoms with E-state index in [1.807, 2.05) is 6.92 Å². The monoisotopic (exact) mass is 266 g/mol. The molecule has 0 amide bonds. The zero-order valence-electron chi connectivity index (χ0n) is 11.5. The summed E-state index contributed by atoms with van der Waals surface area (Å²) in [4.78, 5) is 22.8. The normalized spacial score (nSPS) is 10.9. The topological polar surface area (TPSA) is 72.8 Å². The Bertz CT molecular complexity index is 485. The summed E-state index contributed by atoms with van der Waals surface area (Å²) in [6, 6.07) is 4.77. The standard InChI is InChI=1S/C14H18O5/c1-5-9-7-6-8-10(11(9)12(15)16)18-13(17)19-14(2,3)4/h6-8H,5H2,1-4H3,(H,15,16). The highest BCUT2D eigenvalue weighted by Crippen LogP contribution is 2.24. The van der Waals surface area contributed by atoms with E-state index in [0.717, 1.165) is 0 Å². The molecule has 0 spiro atoms. The fraction of sp³-hybridized carbons (Fsp3) is 0.429. The number of carboxylic acid groups (broad SMARTS) is 1. The molecule has 1 rings (SSSR count). The molecular weight excluding hydrogens is 248 g/mol. The van der Waals surface area contributed by atoms with Crippen molar-refractivity contribution in [3.8, 4) is 5.75 Å². The Morgan fingerprint density at radius 1 is 1.26 bits per heavy atom. The van der Waals surface area contributed by atoms with Crippen LogP contribution in [-0.4, -0.2) is 22.8 Å². The Balaban J connectivity index is 3.01. The summed E-state index contributed by atoms with van der Waals surface area (Å²) in [5.41, 5.74) is -0.0903. The first kappa shape index (κ1) is 15.0. The minimum absolute atomic E-state index is 0.00102. The van der Waals surface area contributed by atoms with Gasteiger partial charge in [-0.3, -0.25) is 0 Å². The van der Waals surface area contributed by atoms with Crippen LogP contribution < -0.4 is 4.74 Å². The Kier molecular flexibility index (Phi) is 4.53. The van der Waals surface area contributed by atoms with Crippen molar-refractivity contribution in [3.63, 3.8) is 0 Å². The number of aryl methyl sites for hydroxylation is 1. The first-order valence-corrected chi connectivity index (χ1v) is 6.00.